The lowest BCUT2D eigenvalue weighted by Gasteiger charge is -2.24. The maximum atomic E-state index is 12.7. The van der Waals surface area contributed by atoms with Gasteiger partial charge in [-0.15, -0.1) is 5.53 Å². The Balaban J connectivity index is 1.99. The molecule has 2 aromatic rings. The number of carboxylic acid groups (broad SMARTS) is 1. The number of carbonyl (C=O) groups excluding carboxylic acids is 2. The zero-order valence-electron chi connectivity index (χ0n) is 19.6. The van der Waals surface area contributed by atoms with Crippen molar-refractivity contribution in [3.05, 3.63) is 69.8 Å². The predicted octanol–water partition coefficient (Wildman–Crippen LogP) is 4.55. The fraction of sp³-hybridized carbons (Fsp3) is 0.292. The molecule has 0 heterocycles. The summed E-state index contributed by atoms with van der Waals surface area (Å²) in [5.74, 6) is -2.08. The third kappa shape index (κ3) is 8.42. The molecule has 0 radical (unpaired) electrons. The largest absolute Gasteiger partial charge is 0.481 e. The van der Waals surface area contributed by atoms with Crippen molar-refractivity contribution < 1.29 is 19.5 Å². The van der Waals surface area contributed by atoms with Crippen LogP contribution in [0, 0.1) is 12.8 Å². The van der Waals surface area contributed by atoms with Crippen LogP contribution < -0.4 is 21.7 Å². The highest BCUT2D eigenvalue weighted by molar-refractivity contribution is 6.30. The number of hydrogen-bond donors (Lipinski definition) is 5. The molecule has 4 amide bonds. The molecule has 0 aliphatic heterocycles. The van der Waals surface area contributed by atoms with Crippen molar-refractivity contribution in [3.8, 4) is 0 Å². The van der Waals surface area contributed by atoms with Crippen molar-refractivity contribution in [2.75, 3.05) is 12.0 Å². The minimum Gasteiger partial charge on any atom is -0.481 e. The molecule has 9 nitrogen and oxygen atoms in total. The zero-order valence-corrected chi connectivity index (χ0v) is 20.4. The van der Waals surface area contributed by atoms with Crippen molar-refractivity contribution in [1.29, 1.82) is 0 Å². The number of benzene rings is 2. The lowest BCUT2D eigenvalue weighted by atomic mass is 10.1. The molecule has 0 fully saturated rings. The number of nitrogens with zero attached hydrogens (tertiary/aromatic N) is 1. The number of hydrogen-bond acceptors (Lipinski definition) is 5. The lowest BCUT2D eigenvalue weighted by Crippen LogP contribution is -2.54. The summed E-state index contributed by atoms with van der Waals surface area (Å²) in [4.78, 5) is 37.4. The molecule has 0 bridgehead atoms. The third-order valence-corrected chi connectivity index (χ3v) is 5.07. The first-order valence-electron chi connectivity index (χ1n) is 10.7. The molecule has 2 aromatic carbocycles. The molecule has 1 atom stereocenters. The molecule has 0 saturated heterocycles. The number of allylic oxidation sites excluding steroid dienone is 1. The maximum Gasteiger partial charge on any atom is 0.341 e. The summed E-state index contributed by atoms with van der Waals surface area (Å²) in [5, 5.41) is 12.4. The smallest absolute Gasteiger partial charge is 0.341 e. The molecule has 0 saturated carbocycles. The summed E-state index contributed by atoms with van der Waals surface area (Å²) in [7, 11) is 0. The minimum atomic E-state index is -1.12. The third-order valence-electron chi connectivity index (χ3n) is 4.82. The molecule has 2 rings (SSSR count). The number of anilines is 1. The molecule has 34 heavy (non-hydrogen) atoms. The first-order chi connectivity index (χ1) is 16.1. The summed E-state index contributed by atoms with van der Waals surface area (Å²) in [6.07, 6.45) is 2.07. The normalized spacial score (nSPS) is 11.2. The van der Waals surface area contributed by atoms with Gasteiger partial charge in [0.25, 0.3) is 0 Å². The summed E-state index contributed by atoms with van der Waals surface area (Å²) >= 11 is 5.86. The van der Waals surface area contributed by atoms with Gasteiger partial charge < -0.3 is 15.8 Å². The molecule has 0 unspecified atom stereocenters. The highest BCUT2D eigenvalue weighted by atomic mass is 35.5. The second kappa shape index (κ2) is 12.6. The predicted molar refractivity (Wildman–Crippen MR) is 133 cm³/mol. The molecule has 10 heteroatoms. The molecular formula is C24H30ClN5O4. The molecule has 0 aliphatic carbocycles. The summed E-state index contributed by atoms with van der Waals surface area (Å²) < 4.78 is 0. The van der Waals surface area contributed by atoms with Gasteiger partial charge in [0.15, 0.2) is 0 Å². The van der Waals surface area contributed by atoms with Gasteiger partial charge in [-0.3, -0.25) is 10.2 Å². The Bertz CT molecular complexity index is 1050. The van der Waals surface area contributed by atoms with E-state index in [1.165, 1.54) is 12.5 Å². The van der Waals surface area contributed by atoms with Crippen molar-refractivity contribution in [3.63, 3.8) is 0 Å². The lowest BCUT2D eigenvalue weighted by molar-refractivity contribution is -0.141. The van der Waals surface area contributed by atoms with E-state index in [1.807, 2.05) is 39.0 Å². The monoisotopic (exact) mass is 487 g/mol. The van der Waals surface area contributed by atoms with Gasteiger partial charge in [-0.1, -0.05) is 48.4 Å². The average molecular weight is 488 g/mol. The van der Waals surface area contributed by atoms with Crippen molar-refractivity contribution in [1.82, 2.24) is 21.2 Å². The quantitative estimate of drug-likeness (QED) is 0.331. The van der Waals surface area contributed by atoms with Crippen LogP contribution in [0.15, 0.2) is 48.0 Å². The molecule has 0 aliphatic rings. The second-order valence-electron chi connectivity index (χ2n) is 8.11. The van der Waals surface area contributed by atoms with E-state index in [1.54, 1.807) is 24.3 Å². The first-order valence-corrected chi connectivity index (χ1v) is 11.0. The number of aliphatic carboxylic acids is 1. The number of halogens is 1. The van der Waals surface area contributed by atoms with E-state index in [-0.39, 0.29) is 13.1 Å². The van der Waals surface area contributed by atoms with Crippen LogP contribution in [0.25, 0.3) is 6.08 Å². The number of nitrogens with one attached hydrogen (secondary N) is 4. The summed E-state index contributed by atoms with van der Waals surface area (Å²) in [6.45, 7) is 7.25. The highest BCUT2D eigenvalue weighted by Crippen LogP contribution is 2.17. The van der Waals surface area contributed by atoms with Crippen LogP contribution in [0.3, 0.4) is 0 Å². The summed E-state index contributed by atoms with van der Waals surface area (Å²) in [6, 6.07) is 11.0. The Morgan fingerprint density at radius 3 is 2.35 bits per heavy atom. The van der Waals surface area contributed by atoms with E-state index in [9.17, 15) is 19.5 Å². The van der Waals surface area contributed by atoms with Crippen molar-refractivity contribution >= 4 is 41.4 Å². The second-order valence-corrected chi connectivity index (χ2v) is 8.54. The first kappa shape index (κ1) is 26.7. The van der Waals surface area contributed by atoms with Gasteiger partial charge in [-0.2, -0.15) is 0 Å². The van der Waals surface area contributed by atoms with Gasteiger partial charge in [0, 0.05) is 18.1 Å². The van der Waals surface area contributed by atoms with Gasteiger partial charge in [0.2, 0.25) is 0 Å². The fourth-order valence-corrected chi connectivity index (χ4v) is 3.06. The number of aryl methyl sites for hydroxylation is 1. The van der Waals surface area contributed by atoms with Gasteiger partial charge >= 0.3 is 18.0 Å². The SMILES string of the molecule is CC(C)=Cc1ccc(NNNC(=O)N(C[C@H](C)C(=O)O)C(=O)NCc2ccc(Cl)cc2)cc1C. The number of imide groups is 1. The van der Waals surface area contributed by atoms with Gasteiger partial charge in [0.1, 0.15) is 0 Å². The Morgan fingerprint density at radius 1 is 1.09 bits per heavy atom. The number of rotatable bonds is 9. The van der Waals surface area contributed by atoms with E-state index in [4.69, 9.17) is 11.6 Å². The molecule has 0 spiro atoms. The average Bonchev–Trinajstić information content (AvgIpc) is 2.78. The van der Waals surface area contributed by atoms with E-state index < -0.39 is 23.9 Å². The van der Waals surface area contributed by atoms with E-state index in [2.05, 4.69) is 27.8 Å². The van der Waals surface area contributed by atoms with Crippen LogP contribution in [0.1, 0.15) is 37.5 Å². The van der Waals surface area contributed by atoms with Crippen LogP contribution in [-0.4, -0.2) is 34.6 Å². The molecular weight excluding hydrogens is 458 g/mol. The molecule has 182 valence electrons. The van der Waals surface area contributed by atoms with Crippen LogP contribution in [-0.2, 0) is 11.3 Å². The van der Waals surface area contributed by atoms with E-state index in [0.29, 0.717) is 10.7 Å². The Labute approximate surface area is 204 Å². The summed E-state index contributed by atoms with van der Waals surface area (Å²) in [5.41, 5.74) is 12.5. The Kier molecular flexibility index (Phi) is 9.91. The Hall–Kier alpha value is -3.56. The standard InChI is InChI=1S/C24H30ClN5O4/c1-15(2)11-19-7-10-21(12-16(19)3)27-29-28-24(34)30(14-17(4)22(31)32)23(33)26-13-18-5-8-20(25)9-6-18/h5-12,17,27,29H,13-14H2,1-4H3,(H,26,33)(H,28,34)(H,31,32)/t17-/m0/s1. The highest BCUT2D eigenvalue weighted by Gasteiger charge is 2.26. The molecule has 5 N–H and O–H groups in total. The number of amides is 4. The Morgan fingerprint density at radius 2 is 1.76 bits per heavy atom. The number of hydrazine groups is 2. The van der Waals surface area contributed by atoms with Crippen LogP contribution >= 0.6 is 11.6 Å². The van der Waals surface area contributed by atoms with Crippen LogP contribution in [0.2, 0.25) is 5.02 Å². The van der Waals surface area contributed by atoms with Gasteiger partial charge in [-0.25, -0.2) is 14.5 Å². The fourth-order valence-electron chi connectivity index (χ4n) is 2.94. The van der Waals surface area contributed by atoms with Crippen LogP contribution in [0.4, 0.5) is 15.3 Å². The number of carbonyl (C=O) groups is 3. The minimum absolute atomic E-state index is 0.143. The van der Waals surface area contributed by atoms with Crippen molar-refractivity contribution in [2.24, 2.45) is 5.92 Å². The van der Waals surface area contributed by atoms with E-state index in [0.717, 1.165) is 21.6 Å². The van der Waals surface area contributed by atoms with Gasteiger partial charge in [-0.05, 0) is 61.7 Å². The zero-order chi connectivity index (χ0) is 25.3. The topological polar surface area (TPSA) is 123 Å². The number of carboxylic acids is 1. The van der Waals surface area contributed by atoms with E-state index >= 15 is 0 Å². The number of urea groups is 2. The molecule has 0 aromatic heterocycles. The maximum absolute atomic E-state index is 12.7. The van der Waals surface area contributed by atoms with Crippen molar-refractivity contribution in [2.45, 2.75) is 34.2 Å². The van der Waals surface area contributed by atoms with Crippen LogP contribution in [0.5, 0.6) is 0 Å². The van der Waals surface area contributed by atoms with Gasteiger partial charge in [0.05, 0.1) is 11.6 Å².